The van der Waals surface area contributed by atoms with Gasteiger partial charge in [0, 0.05) is 12.1 Å². The number of carboxylic acid groups (broad SMARTS) is 1. The van der Waals surface area contributed by atoms with Gasteiger partial charge in [-0.15, -0.1) is 0 Å². The molecule has 0 bridgehead atoms. The molecular weight excluding hydrogens is 261 g/mol. The standard InChI is InChI=1S/C15H18FNO3/c16-13-9-11(6-7-12(13)15(19)20)17-14(18)8-10-4-2-1-3-5-10/h6-7,9-10H,1-5,8H2,(H,17,18)(H,19,20). The Balaban J connectivity index is 1.93. The molecule has 0 atom stereocenters. The van der Waals surface area contributed by atoms with Crippen molar-refractivity contribution in [1.29, 1.82) is 0 Å². The average Bonchev–Trinajstić information content (AvgIpc) is 2.39. The summed E-state index contributed by atoms with van der Waals surface area (Å²) in [5.74, 6) is -1.89. The summed E-state index contributed by atoms with van der Waals surface area (Å²) in [6.45, 7) is 0. The van der Waals surface area contributed by atoms with Crippen molar-refractivity contribution in [2.24, 2.45) is 5.92 Å². The number of carbonyl (C=O) groups is 2. The molecule has 2 rings (SSSR count). The van der Waals surface area contributed by atoms with Gasteiger partial charge in [0.05, 0.1) is 5.56 Å². The van der Waals surface area contributed by atoms with Crippen molar-refractivity contribution >= 4 is 17.6 Å². The number of nitrogens with one attached hydrogen (secondary N) is 1. The van der Waals surface area contributed by atoms with Crippen LogP contribution in [0.1, 0.15) is 48.9 Å². The van der Waals surface area contributed by atoms with E-state index in [1.54, 1.807) is 0 Å². The van der Waals surface area contributed by atoms with Crippen LogP contribution in [-0.2, 0) is 4.79 Å². The molecule has 0 radical (unpaired) electrons. The van der Waals surface area contributed by atoms with Crippen LogP contribution in [0.15, 0.2) is 18.2 Å². The molecule has 4 nitrogen and oxygen atoms in total. The molecule has 1 amide bonds. The van der Waals surface area contributed by atoms with Gasteiger partial charge in [-0.2, -0.15) is 0 Å². The molecule has 2 N–H and O–H groups in total. The van der Waals surface area contributed by atoms with Gasteiger partial charge in [-0.05, 0) is 37.0 Å². The molecule has 1 fully saturated rings. The lowest BCUT2D eigenvalue weighted by Gasteiger charge is -2.20. The predicted octanol–water partition coefficient (Wildman–Crippen LogP) is 3.43. The van der Waals surface area contributed by atoms with Crippen molar-refractivity contribution in [2.75, 3.05) is 5.32 Å². The van der Waals surface area contributed by atoms with E-state index < -0.39 is 17.3 Å². The van der Waals surface area contributed by atoms with E-state index in [0.717, 1.165) is 25.0 Å². The van der Waals surface area contributed by atoms with Gasteiger partial charge in [-0.3, -0.25) is 4.79 Å². The Morgan fingerprint density at radius 3 is 2.55 bits per heavy atom. The Kier molecular flexibility index (Phi) is 4.71. The Bertz CT molecular complexity index is 510. The first-order chi connectivity index (χ1) is 9.56. The number of aromatic carboxylic acids is 1. The monoisotopic (exact) mass is 279 g/mol. The van der Waals surface area contributed by atoms with Crippen LogP contribution in [0.3, 0.4) is 0 Å². The normalized spacial score (nSPS) is 15.8. The Morgan fingerprint density at radius 2 is 1.95 bits per heavy atom. The van der Waals surface area contributed by atoms with E-state index >= 15 is 0 Å². The molecular formula is C15H18FNO3. The van der Waals surface area contributed by atoms with Gasteiger partial charge in [0.1, 0.15) is 5.82 Å². The van der Waals surface area contributed by atoms with Gasteiger partial charge in [-0.25, -0.2) is 9.18 Å². The average molecular weight is 279 g/mol. The molecule has 1 aliphatic carbocycles. The summed E-state index contributed by atoms with van der Waals surface area (Å²) in [7, 11) is 0. The number of hydrogen-bond acceptors (Lipinski definition) is 2. The van der Waals surface area contributed by atoms with E-state index in [9.17, 15) is 14.0 Å². The number of rotatable bonds is 4. The number of benzene rings is 1. The fourth-order valence-corrected chi connectivity index (χ4v) is 2.63. The van der Waals surface area contributed by atoms with Gasteiger partial charge in [-0.1, -0.05) is 19.3 Å². The molecule has 0 saturated heterocycles. The molecule has 20 heavy (non-hydrogen) atoms. The maximum Gasteiger partial charge on any atom is 0.338 e. The van der Waals surface area contributed by atoms with Gasteiger partial charge in [0.2, 0.25) is 5.91 Å². The fraction of sp³-hybridized carbons (Fsp3) is 0.467. The number of carboxylic acids is 1. The Hall–Kier alpha value is -1.91. The first-order valence-electron chi connectivity index (χ1n) is 6.89. The Morgan fingerprint density at radius 1 is 1.25 bits per heavy atom. The van der Waals surface area contributed by atoms with Crippen LogP contribution in [0.25, 0.3) is 0 Å². The summed E-state index contributed by atoms with van der Waals surface area (Å²) in [5, 5.41) is 11.4. The van der Waals surface area contributed by atoms with Crippen LogP contribution in [-0.4, -0.2) is 17.0 Å². The molecule has 0 heterocycles. The quantitative estimate of drug-likeness (QED) is 0.887. The van der Waals surface area contributed by atoms with Crippen molar-refractivity contribution in [3.8, 4) is 0 Å². The highest BCUT2D eigenvalue weighted by atomic mass is 19.1. The second kappa shape index (κ2) is 6.50. The lowest BCUT2D eigenvalue weighted by molar-refractivity contribution is -0.117. The van der Waals surface area contributed by atoms with Crippen LogP contribution in [0, 0.1) is 11.7 Å². The largest absolute Gasteiger partial charge is 0.478 e. The second-order valence-corrected chi connectivity index (χ2v) is 5.26. The minimum Gasteiger partial charge on any atom is -0.478 e. The zero-order chi connectivity index (χ0) is 14.5. The van der Waals surface area contributed by atoms with E-state index in [1.165, 1.54) is 25.3 Å². The highest BCUT2D eigenvalue weighted by Crippen LogP contribution is 2.26. The van der Waals surface area contributed by atoms with Crippen LogP contribution in [0.5, 0.6) is 0 Å². The number of carbonyl (C=O) groups excluding carboxylic acids is 1. The summed E-state index contributed by atoms with van der Waals surface area (Å²) in [6.07, 6.45) is 6.15. The SMILES string of the molecule is O=C(CC1CCCCC1)Nc1ccc(C(=O)O)c(F)c1. The second-order valence-electron chi connectivity index (χ2n) is 5.26. The highest BCUT2D eigenvalue weighted by Gasteiger charge is 2.17. The minimum absolute atomic E-state index is 0.139. The summed E-state index contributed by atoms with van der Waals surface area (Å²) in [6, 6.07) is 3.61. The maximum absolute atomic E-state index is 13.5. The zero-order valence-electron chi connectivity index (χ0n) is 11.2. The summed E-state index contributed by atoms with van der Waals surface area (Å²) < 4.78 is 13.5. The topological polar surface area (TPSA) is 66.4 Å². The minimum atomic E-state index is -1.32. The van der Waals surface area contributed by atoms with Gasteiger partial charge in [0.15, 0.2) is 0 Å². The fourth-order valence-electron chi connectivity index (χ4n) is 2.63. The third-order valence-electron chi connectivity index (χ3n) is 3.68. The predicted molar refractivity (Wildman–Crippen MR) is 73.2 cm³/mol. The van der Waals surface area contributed by atoms with Crippen LogP contribution >= 0.6 is 0 Å². The molecule has 1 saturated carbocycles. The van der Waals surface area contributed by atoms with Crippen molar-refractivity contribution in [2.45, 2.75) is 38.5 Å². The lowest BCUT2D eigenvalue weighted by atomic mass is 9.87. The van der Waals surface area contributed by atoms with Crippen LogP contribution in [0.4, 0.5) is 10.1 Å². The smallest absolute Gasteiger partial charge is 0.338 e. The summed E-state index contributed by atoms with van der Waals surface area (Å²) in [4.78, 5) is 22.6. The molecule has 0 unspecified atom stereocenters. The van der Waals surface area contributed by atoms with Crippen molar-refractivity contribution in [3.05, 3.63) is 29.6 Å². The van der Waals surface area contributed by atoms with Gasteiger partial charge in [0.25, 0.3) is 0 Å². The molecule has 1 aliphatic rings. The van der Waals surface area contributed by atoms with E-state index in [1.807, 2.05) is 0 Å². The molecule has 108 valence electrons. The molecule has 0 aromatic heterocycles. The third-order valence-corrected chi connectivity index (χ3v) is 3.68. The van der Waals surface area contributed by atoms with Crippen molar-refractivity contribution in [1.82, 2.24) is 0 Å². The third kappa shape index (κ3) is 3.79. The highest BCUT2D eigenvalue weighted by molar-refractivity contribution is 5.92. The van der Waals surface area contributed by atoms with E-state index in [4.69, 9.17) is 5.11 Å². The van der Waals surface area contributed by atoms with E-state index in [0.29, 0.717) is 18.0 Å². The molecule has 5 heteroatoms. The van der Waals surface area contributed by atoms with Crippen LogP contribution < -0.4 is 5.32 Å². The Labute approximate surface area is 117 Å². The number of amides is 1. The zero-order valence-corrected chi connectivity index (χ0v) is 11.2. The maximum atomic E-state index is 13.5. The summed E-state index contributed by atoms with van der Waals surface area (Å²) in [5.41, 5.74) is -0.0939. The first kappa shape index (κ1) is 14.5. The first-order valence-corrected chi connectivity index (χ1v) is 6.89. The molecule has 1 aromatic carbocycles. The number of halogens is 1. The summed E-state index contributed by atoms with van der Waals surface area (Å²) >= 11 is 0. The van der Waals surface area contributed by atoms with Gasteiger partial charge >= 0.3 is 5.97 Å². The van der Waals surface area contributed by atoms with Crippen LogP contribution in [0.2, 0.25) is 0 Å². The van der Waals surface area contributed by atoms with E-state index in [2.05, 4.69) is 5.32 Å². The number of anilines is 1. The molecule has 0 aliphatic heterocycles. The van der Waals surface area contributed by atoms with Gasteiger partial charge < -0.3 is 10.4 Å². The van der Waals surface area contributed by atoms with E-state index in [-0.39, 0.29) is 5.91 Å². The lowest BCUT2D eigenvalue weighted by Crippen LogP contribution is -2.18. The molecule has 0 spiro atoms. The molecule has 1 aromatic rings. The van der Waals surface area contributed by atoms with Crippen molar-refractivity contribution < 1.29 is 19.1 Å². The van der Waals surface area contributed by atoms with Crippen molar-refractivity contribution in [3.63, 3.8) is 0 Å². The number of hydrogen-bond donors (Lipinski definition) is 2.